The van der Waals surface area contributed by atoms with E-state index in [1.807, 2.05) is 18.9 Å². The number of carbonyl (C=O) groups excluding carboxylic acids is 1. The lowest BCUT2D eigenvalue weighted by Gasteiger charge is -2.44. The first kappa shape index (κ1) is 13.8. The smallest absolute Gasteiger partial charge is 0.239 e. The molecule has 0 bridgehead atoms. The summed E-state index contributed by atoms with van der Waals surface area (Å²) in [4.78, 5) is 16.4. The number of likely N-dealkylation sites (N-methyl/N-ethyl adjacent to an activating group) is 1. The molecular formula is C14H26N2O2. The first-order valence-electron chi connectivity index (χ1n) is 7.18. The molecule has 0 radical (unpaired) electrons. The van der Waals surface area contributed by atoms with Gasteiger partial charge in [0.25, 0.3) is 0 Å². The van der Waals surface area contributed by atoms with Crippen molar-refractivity contribution in [2.45, 2.75) is 45.1 Å². The fourth-order valence-corrected chi connectivity index (χ4v) is 3.10. The number of hydrogen-bond acceptors (Lipinski definition) is 3. The minimum absolute atomic E-state index is 0.0628. The van der Waals surface area contributed by atoms with E-state index in [0.717, 1.165) is 45.3 Å². The monoisotopic (exact) mass is 254 g/mol. The first-order valence-corrected chi connectivity index (χ1v) is 7.18. The molecule has 1 amide bonds. The third-order valence-electron chi connectivity index (χ3n) is 4.77. The number of amides is 1. The fourth-order valence-electron chi connectivity index (χ4n) is 3.10. The van der Waals surface area contributed by atoms with Crippen molar-refractivity contribution >= 4 is 5.91 Å². The zero-order chi connectivity index (χ0) is 13.2. The molecule has 2 rings (SSSR count). The number of aliphatic hydroxyl groups is 1. The van der Waals surface area contributed by atoms with E-state index in [1.165, 1.54) is 6.42 Å². The first-order chi connectivity index (χ1) is 8.58. The molecule has 0 aromatic heterocycles. The number of nitrogens with zero attached hydrogens (tertiary/aromatic N) is 2. The molecule has 4 heteroatoms. The minimum Gasteiger partial charge on any atom is -0.396 e. The van der Waals surface area contributed by atoms with Crippen molar-refractivity contribution in [3.8, 4) is 0 Å². The third-order valence-corrected chi connectivity index (χ3v) is 4.77. The van der Waals surface area contributed by atoms with Crippen molar-refractivity contribution in [1.29, 1.82) is 0 Å². The van der Waals surface area contributed by atoms with Crippen molar-refractivity contribution in [3.63, 3.8) is 0 Å². The number of aliphatic hydroxyl groups excluding tert-OH is 1. The molecule has 0 spiro atoms. The standard InChI is InChI=1S/C14H26N2O2/c1-12(13(18)16-8-3-4-9-16)15(2)10-14(11-17)6-5-7-14/h12,17H,3-11H2,1-2H3. The lowest BCUT2D eigenvalue weighted by Crippen LogP contribution is -2.51. The SMILES string of the molecule is CC(C(=O)N1CCCC1)N(C)CC1(CO)CCC1. The summed E-state index contributed by atoms with van der Waals surface area (Å²) in [5.41, 5.74) is 0.0638. The number of likely N-dealkylation sites (tertiary alicyclic amines) is 1. The van der Waals surface area contributed by atoms with Crippen LogP contribution in [-0.4, -0.2) is 60.1 Å². The zero-order valence-electron chi connectivity index (χ0n) is 11.7. The van der Waals surface area contributed by atoms with Gasteiger partial charge in [-0.25, -0.2) is 0 Å². The van der Waals surface area contributed by atoms with E-state index in [-0.39, 0.29) is 24.0 Å². The Morgan fingerprint density at radius 3 is 2.39 bits per heavy atom. The van der Waals surface area contributed by atoms with Crippen molar-refractivity contribution in [2.24, 2.45) is 5.41 Å². The molecule has 0 aromatic carbocycles. The van der Waals surface area contributed by atoms with Gasteiger partial charge < -0.3 is 10.0 Å². The fraction of sp³-hybridized carbons (Fsp3) is 0.929. The van der Waals surface area contributed by atoms with Crippen molar-refractivity contribution < 1.29 is 9.90 Å². The molecule has 4 nitrogen and oxygen atoms in total. The van der Waals surface area contributed by atoms with Gasteiger partial charge in [-0.1, -0.05) is 6.42 Å². The maximum atomic E-state index is 12.3. The van der Waals surface area contributed by atoms with E-state index in [4.69, 9.17) is 0 Å². The average molecular weight is 254 g/mol. The Bertz CT molecular complexity index is 291. The maximum absolute atomic E-state index is 12.3. The minimum atomic E-state index is -0.0628. The summed E-state index contributed by atoms with van der Waals surface area (Å²) in [7, 11) is 2.01. The molecule has 104 valence electrons. The Morgan fingerprint density at radius 2 is 1.94 bits per heavy atom. The van der Waals surface area contributed by atoms with E-state index >= 15 is 0 Å². The largest absolute Gasteiger partial charge is 0.396 e. The van der Waals surface area contributed by atoms with Gasteiger partial charge in [0.05, 0.1) is 6.04 Å². The molecule has 1 aliphatic heterocycles. The highest BCUT2D eigenvalue weighted by Gasteiger charge is 2.39. The second kappa shape index (κ2) is 5.57. The number of rotatable bonds is 5. The van der Waals surface area contributed by atoms with Gasteiger partial charge in [-0.2, -0.15) is 0 Å². The van der Waals surface area contributed by atoms with E-state index in [1.54, 1.807) is 0 Å². The molecule has 1 saturated heterocycles. The van der Waals surface area contributed by atoms with Crippen LogP contribution in [0.15, 0.2) is 0 Å². The molecule has 1 aliphatic carbocycles. The Labute approximate surface area is 110 Å². The molecule has 1 unspecified atom stereocenters. The van der Waals surface area contributed by atoms with E-state index in [0.29, 0.717) is 0 Å². The van der Waals surface area contributed by atoms with Crippen LogP contribution >= 0.6 is 0 Å². The summed E-state index contributed by atoms with van der Waals surface area (Å²) in [6, 6.07) is -0.0628. The maximum Gasteiger partial charge on any atom is 0.239 e. The second-order valence-corrected chi connectivity index (χ2v) is 6.14. The van der Waals surface area contributed by atoms with Crippen LogP contribution in [0.2, 0.25) is 0 Å². The second-order valence-electron chi connectivity index (χ2n) is 6.14. The predicted octanol–water partition coefficient (Wildman–Crippen LogP) is 1.09. The lowest BCUT2D eigenvalue weighted by molar-refractivity contribution is -0.136. The van der Waals surface area contributed by atoms with Crippen LogP contribution in [0.5, 0.6) is 0 Å². The van der Waals surface area contributed by atoms with Gasteiger partial charge >= 0.3 is 0 Å². The van der Waals surface area contributed by atoms with Crippen LogP contribution in [0.25, 0.3) is 0 Å². The average Bonchev–Trinajstić information content (AvgIpc) is 2.85. The molecule has 1 saturated carbocycles. The molecule has 2 aliphatic rings. The Balaban J connectivity index is 1.87. The number of hydrogen-bond donors (Lipinski definition) is 1. The molecule has 2 fully saturated rings. The highest BCUT2D eigenvalue weighted by Crippen LogP contribution is 2.41. The van der Waals surface area contributed by atoms with E-state index in [9.17, 15) is 9.90 Å². The molecule has 1 heterocycles. The van der Waals surface area contributed by atoms with Crippen LogP contribution in [0.1, 0.15) is 39.0 Å². The summed E-state index contributed by atoms with van der Waals surface area (Å²) in [6.07, 6.45) is 5.69. The van der Waals surface area contributed by atoms with Gasteiger partial charge in [-0.15, -0.1) is 0 Å². The summed E-state index contributed by atoms with van der Waals surface area (Å²) >= 11 is 0. The Morgan fingerprint density at radius 1 is 1.33 bits per heavy atom. The molecular weight excluding hydrogens is 228 g/mol. The molecule has 0 aromatic rings. The Hall–Kier alpha value is -0.610. The Kier molecular flexibility index (Phi) is 4.28. The van der Waals surface area contributed by atoms with Gasteiger partial charge in [0.15, 0.2) is 0 Å². The molecule has 1 atom stereocenters. The van der Waals surface area contributed by atoms with Gasteiger partial charge in [0.2, 0.25) is 5.91 Å². The highest BCUT2D eigenvalue weighted by atomic mass is 16.3. The van der Waals surface area contributed by atoms with Crippen molar-refractivity contribution in [1.82, 2.24) is 9.80 Å². The van der Waals surface area contributed by atoms with E-state index < -0.39 is 0 Å². The third kappa shape index (κ3) is 2.69. The molecule has 1 N–H and O–H groups in total. The van der Waals surface area contributed by atoms with Gasteiger partial charge in [-0.3, -0.25) is 9.69 Å². The van der Waals surface area contributed by atoms with Crippen molar-refractivity contribution in [3.05, 3.63) is 0 Å². The molecule has 18 heavy (non-hydrogen) atoms. The lowest BCUT2D eigenvalue weighted by atomic mass is 9.69. The highest BCUT2D eigenvalue weighted by molar-refractivity contribution is 5.81. The summed E-state index contributed by atoms with van der Waals surface area (Å²) < 4.78 is 0. The quantitative estimate of drug-likeness (QED) is 0.799. The summed E-state index contributed by atoms with van der Waals surface area (Å²) in [6.45, 7) is 4.92. The summed E-state index contributed by atoms with van der Waals surface area (Å²) in [5.74, 6) is 0.252. The normalized spacial score (nSPS) is 24.1. The van der Waals surface area contributed by atoms with Gasteiger partial charge in [0.1, 0.15) is 0 Å². The summed E-state index contributed by atoms with van der Waals surface area (Å²) in [5, 5.41) is 9.50. The van der Waals surface area contributed by atoms with Crippen LogP contribution in [0.3, 0.4) is 0 Å². The van der Waals surface area contributed by atoms with Crippen LogP contribution in [0.4, 0.5) is 0 Å². The predicted molar refractivity (Wildman–Crippen MR) is 71.3 cm³/mol. The number of carbonyl (C=O) groups is 1. The van der Waals surface area contributed by atoms with Crippen LogP contribution in [0, 0.1) is 5.41 Å². The topological polar surface area (TPSA) is 43.8 Å². The van der Waals surface area contributed by atoms with Gasteiger partial charge in [0, 0.05) is 31.7 Å². The van der Waals surface area contributed by atoms with Crippen LogP contribution < -0.4 is 0 Å². The zero-order valence-corrected chi connectivity index (χ0v) is 11.7. The van der Waals surface area contributed by atoms with Gasteiger partial charge in [-0.05, 0) is 39.7 Å². The van der Waals surface area contributed by atoms with E-state index in [2.05, 4.69) is 4.90 Å². The van der Waals surface area contributed by atoms with Crippen LogP contribution in [-0.2, 0) is 4.79 Å². The van der Waals surface area contributed by atoms with Crippen molar-refractivity contribution in [2.75, 3.05) is 33.3 Å².